The number of benzene rings is 1. The first-order valence-corrected chi connectivity index (χ1v) is 7.06. The van der Waals surface area contributed by atoms with Gasteiger partial charge in [-0.15, -0.1) is 0 Å². The summed E-state index contributed by atoms with van der Waals surface area (Å²) in [5, 5.41) is 15.9. The van der Waals surface area contributed by atoms with Gasteiger partial charge in [0.2, 0.25) is 11.7 Å². The Kier molecular flexibility index (Phi) is 3.66. The zero-order valence-electron chi connectivity index (χ0n) is 12.0. The molecule has 5 nitrogen and oxygen atoms in total. The number of rotatable bonds is 4. The molecule has 3 aromatic rings. The predicted molar refractivity (Wildman–Crippen MR) is 79.7 cm³/mol. The smallest absolute Gasteiger partial charge is 0.232 e. The standard InChI is InChI=1S/C16H17N3O2/c1-3-12(10(2)20)16-18-15(19-21-16)14-13-7-5-4-6-11(13)8-9-17-14/h4-10,12,20H,3H2,1-2H3. The summed E-state index contributed by atoms with van der Waals surface area (Å²) in [4.78, 5) is 8.80. The Labute approximate surface area is 122 Å². The minimum atomic E-state index is -0.524. The van der Waals surface area contributed by atoms with Gasteiger partial charge in [0, 0.05) is 11.6 Å². The van der Waals surface area contributed by atoms with Crippen LogP contribution in [0.15, 0.2) is 41.1 Å². The molecule has 0 saturated carbocycles. The highest BCUT2D eigenvalue weighted by Gasteiger charge is 2.23. The van der Waals surface area contributed by atoms with Crippen LogP contribution in [0.3, 0.4) is 0 Å². The van der Waals surface area contributed by atoms with Gasteiger partial charge in [0.1, 0.15) is 5.69 Å². The average molecular weight is 283 g/mol. The number of nitrogens with zero attached hydrogens (tertiary/aromatic N) is 3. The monoisotopic (exact) mass is 283 g/mol. The molecule has 0 amide bonds. The summed E-state index contributed by atoms with van der Waals surface area (Å²) in [6.07, 6.45) is 1.95. The first kappa shape index (κ1) is 13.7. The summed E-state index contributed by atoms with van der Waals surface area (Å²) in [5.74, 6) is 0.763. The van der Waals surface area contributed by atoms with Gasteiger partial charge in [0.15, 0.2) is 0 Å². The van der Waals surface area contributed by atoms with Gasteiger partial charge in [0.25, 0.3) is 0 Å². The van der Waals surface area contributed by atoms with Crippen LogP contribution in [0.25, 0.3) is 22.3 Å². The maximum absolute atomic E-state index is 9.77. The van der Waals surface area contributed by atoms with Crippen molar-refractivity contribution >= 4 is 10.8 Å². The molecule has 108 valence electrons. The van der Waals surface area contributed by atoms with Gasteiger partial charge in [-0.05, 0) is 24.8 Å². The molecule has 0 fully saturated rings. The van der Waals surface area contributed by atoms with Crippen LogP contribution in [0, 0.1) is 0 Å². The molecule has 0 spiro atoms. The summed E-state index contributed by atoms with van der Waals surface area (Å²) in [6.45, 7) is 3.71. The molecule has 3 rings (SSSR count). The minimum absolute atomic E-state index is 0.152. The van der Waals surface area contributed by atoms with Crippen molar-refractivity contribution in [2.75, 3.05) is 0 Å². The van der Waals surface area contributed by atoms with Gasteiger partial charge in [-0.2, -0.15) is 4.98 Å². The summed E-state index contributed by atoms with van der Waals surface area (Å²) < 4.78 is 5.32. The minimum Gasteiger partial charge on any atom is -0.393 e. The van der Waals surface area contributed by atoms with E-state index in [0.717, 1.165) is 17.2 Å². The number of fused-ring (bicyclic) bond motifs is 1. The van der Waals surface area contributed by atoms with Gasteiger partial charge >= 0.3 is 0 Å². The molecule has 2 aromatic heterocycles. The third kappa shape index (κ3) is 2.52. The van der Waals surface area contributed by atoms with Crippen molar-refractivity contribution < 1.29 is 9.63 Å². The third-order valence-electron chi connectivity index (χ3n) is 3.67. The van der Waals surface area contributed by atoms with E-state index in [-0.39, 0.29) is 5.92 Å². The van der Waals surface area contributed by atoms with E-state index in [0.29, 0.717) is 17.4 Å². The molecule has 1 N–H and O–H groups in total. The first-order valence-electron chi connectivity index (χ1n) is 7.06. The normalized spacial score (nSPS) is 14.2. The van der Waals surface area contributed by atoms with Crippen LogP contribution in [0.5, 0.6) is 0 Å². The highest BCUT2D eigenvalue weighted by molar-refractivity contribution is 5.92. The lowest BCUT2D eigenvalue weighted by atomic mass is 10.0. The number of aliphatic hydroxyl groups is 1. The fourth-order valence-corrected chi connectivity index (χ4v) is 2.50. The van der Waals surface area contributed by atoms with Crippen molar-refractivity contribution in [3.63, 3.8) is 0 Å². The molecule has 5 heteroatoms. The van der Waals surface area contributed by atoms with Crippen molar-refractivity contribution in [1.29, 1.82) is 0 Å². The zero-order valence-corrected chi connectivity index (χ0v) is 12.0. The lowest BCUT2D eigenvalue weighted by Gasteiger charge is -2.12. The second-order valence-corrected chi connectivity index (χ2v) is 5.09. The highest BCUT2D eigenvalue weighted by Crippen LogP contribution is 2.27. The highest BCUT2D eigenvalue weighted by atomic mass is 16.5. The van der Waals surface area contributed by atoms with Gasteiger partial charge in [-0.25, -0.2) is 0 Å². The number of aliphatic hydroxyl groups excluding tert-OH is 1. The summed E-state index contributed by atoms with van der Waals surface area (Å²) >= 11 is 0. The van der Waals surface area contributed by atoms with E-state index in [4.69, 9.17) is 4.52 Å². The third-order valence-corrected chi connectivity index (χ3v) is 3.67. The average Bonchev–Trinajstić information content (AvgIpc) is 2.96. The second-order valence-electron chi connectivity index (χ2n) is 5.09. The molecule has 21 heavy (non-hydrogen) atoms. The Bertz CT molecular complexity index is 747. The molecule has 0 aliphatic heterocycles. The van der Waals surface area contributed by atoms with Crippen LogP contribution in [-0.2, 0) is 0 Å². The summed E-state index contributed by atoms with van der Waals surface area (Å²) in [6, 6.07) is 9.89. The van der Waals surface area contributed by atoms with Gasteiger partial charge < -0.3 is 9.63 Å². The molecule has 2 atom stereocenters. The second kappa shape index (κ2) is 5.61. The number of aromatic nitrogens is 3. The maximum atomic E-state index is 9.77. The summed E-state index contributed by atoms with van der Waals surface area (Å²) in [5.41, 5.74) is 0.698. The fraction of sp³-hybridized carbons (Fsp3) is 0.312. The maximum Gasteiger partial charge on any atom is 0.232 e. The van der Waals surface area contributed by atoms with E-state index in [1.165, 1.54) is 0 Å². The van der Waals surface area contributed by atoms with Crippen molar-refractivity contribution in [3.8, 4) is 11.5 Å². The summed E-state index contributed by atoms with van der Waals surface area (Å²) in [7, 11) is 0. The lowest BCUT2D eigenvalue weighted by Crippen LogP contribution is -2.14. The molecule has 2 heterocycles. The van der Waals surface area contributed by atoms with E-state index in [1.807, 2.05) is 37.3 Å². The van der Waals surface area contributed by atoms with Crippen molar-refractivity contribution in [2.45, 2.75) is 32.3 Å². The van der Waals surface area contributed by atoms with E-state index < -0.39 is 6.10 Å². The predicted octanol–water partition coefficient (Wildman–Crippen LogP) is 3.16. The number of pyridine rings is 1. The van der Waals surface area contributed by atoms with Crippen LogP contribution in [-0.4, -0.2) is 26.3 Å². The van der Waals surface area contributed by atoms with Gasteiger partial charge in [-0.1, -0.05) is 36.3 Å². The Morgan fingerprint density at radius 2 is 2.05 bits per heavy atom. The lowest BCUT2D eigenvalue weighted by molar-refractivity contribution is 0.141. The van der Waals surface area contributed by atoms with E-state index >= 15 is 0 Å². The topological polar surface area (TPSA) is 72.0 Å². The Morgan fingerprint density at radius 3 is 2.81 bits per heavy atom. The first-order chi connectivity index (χ1) is 10.2. The molecule has 2 unspecified atom stereocenters. The van der Waals surface area contributed by atoms with Crippen LogP contribution >= 0.6 is 0 Å². The molecular formula is C16H17N3O2. The van der Waals surface area contributed by atoms with E-state index in [2.05, 4.69) is 15.1 Å². The van der Waals surface area contributed by atoms with Crippen LogP contribution < -0.4 is 0 Å². The molecular weight excluding hydrogens is 266 g/mol. The van der Waals surface area contributed by atoms with Crippen molar-refractivity contribution in [3.05, 3.63) is 42.4 Å². The molecule has 0 radical (unpaired) electrons. The quantitative estimate of drug-likeness (QED) is 0.796. The van der Waals surface area contributed by atoms with Crippen LogP contribution in [0.4, 0.5) is 0 Å². The molecule has 0 bridgehead atoms. The Morgan fingerprint density at radius 1 is 1.24 bits per heavy atom. The van der Waals surface area contributed by atoms with Crippen LogP contribution in [0.1, 0.15) is 32.1 Å². The molecule has 0 saturated heterocycles. The number of hydrogen-bond donors (Lipinski definition) is 1. The van der Waals surface area contributed by atoms with Gasteiger partial charge in [0.05, 0.1) is 12.0 Å². The Balaban J connectivity index is 2.06. The zero-order chi connectivity index (χ0) is 14.8. The fourth-order valence-electron chi connectivity index (χ4n) is 2.50. The van der Waals surface area contributed by atoms with E-state index in [9.17, 15) is 5.11 Å². The molecule has 0 aliphatic rings. The molecule has 1 aromatic carbocycles. The largest absolute Gasteiger partial charge is 0.393 e. The van der Waals surface area contributed by atoms with E-state index in [1.54, 1.807) is 13.1 Å². The van der Waals surface area contributed by atoms with Crippen LogP contribution in [0.2, 0.25) is 0 Å². The number of hydrogen-bond acceptors (Lipinski definition) is 5. The SMILES string of the molecule is CCC(c1nc(-c2nccc3ccccc23)no1)C(C)O. The van der Waals surface area contributed by atoms with Crippen molar-refractivity contribution in [2.24, 2.45) is 0 Å². The Hall–Kier alpha value is -2.27. The van der Waals surface area contributed by atoms with Crippen molar-refractivity contribution in [1.82, 2.24) is 15.1 Å². The molecule has 0 aliphatic carbocycles. The van der Waals surface area contributed by atoms with Gasteiger partial charge in [-0.3, -0.25) is 4.98 Å².